The summed E-state index contributed by atoms with van der Waals surface area (Å²) in [7, 11) is -1.56. The Morgan fingerprint density at radius 1 is 0.741 bits per heavy atom. The quantitative estimate of drug-likeness (QED) is 0.439. The Balaban J connectivity index is 1.64. The Labute approximate surface area is 168 Å². The number of nitrogens with one attached hydrogen (secondary N) is 1. The van der Waals surface area contributed by atoms with Gasteiger partial charge in [0.15, 0.2) is 0 Å². The monoisotopic (exact) mass is 383 g/mol. The van der Waals surface area contributed by atoms with Crippen LogP contribution in [0.1, 0.15) is 52.9 Å². The van der Waals surface area contributed by atoms with Crippen LogP contribution >= 0.6 is 0 Å². The number of hydrogen-bond donors (Lipinski definition) is 1. The summed E-state index contributed by atoms with van der Waals surface area (Å²) < 4.78 is 6.41. The molecule has 0 spiro atoms. The maximum Gasteiger partial charge on any atom is 0.239 e. The summed E-state index contributed by atoms with van der Waals surface area (Å²) in [6.07, 6.45) is 6.22. The predicted molar refractivity (Wildman–Crippen MR) is 121 cm³/mol. The van der Waals surface area contributed by atoms with Crippen molar-refractivity contribution < 1.29 is 4.43 Å². The molecule has 0 radical (unpaired) electrons. The van der Waals surface area contributed by atoms with Gasteiger partial charge in [-0.1, -0.05) is 87.9 Å². The van der Waals surface area contributed by atoms with Crippen LogP contribution in [-0.4, -0.2) is 28.7 Å². The van der Waals surface area contributed by atoms with Crippen LogP contribution in [0.25, 0.3) is 0 Å². The van der Waals surface area contributed by atoms with Gasteiger partial charge in [-0.2, -0.15) is 0 Å². The van der Waals surface area contributed by atoms with Gasteiger partial charge in [-0.3, -0.25) is 0 Å². The van der Waals surface area contributed by atoms with Crippen molar-refractivity contribution in [1.29, 1.82) is 0 Å². The molecule has 2 rings (SSSR count). The van der Waals surface area contributed by atoms with Gasteiger partial charge in [-0.25, -0.2) is 0 Å². The first kappa shape index (κ1) is 21.9. The first-order chi connectivity index (χ1) is 13.1. The van der Waals surface area contributed by atoms with E-state index in [4.69, 9.17) is 4.43 Å². The van der Waals surface area contributed by atoms with Gasteiger partial charge in [0.2, 0.25) is 9.04 Å². The summed E-state index contributed by atoms with van der Waals surface area (Å²) in [5, 5.41) is 6.30. The normalized spacial score (nSPS) is 11.9. The lowest BCUT2D eigenvalue weighted by molar-refractivity contribution is 0.319. The Bertz CT molecular complexity index is 570. The van der Waals surface area contributed by atoms with Gasteiger partial charge in [0.05, 0.1) is 0 Å². The molecule has 2 aromatic carbocycles. The predicted octanol–water partition coefficient (Wildman–Crippen LogP) is 4.13. The molecule has 2 aromatic rings. The third-order valence-corrected chi connectivity index (χ3v) is 7.32. The number of unbranched alkanes of at least 4 members (excludes halogenated alkanes) is 2. The van der Waals surface area contributed by atoms with Gasteiger partial charge in [0.1, 0.15) is 0 Å². The first-order valence-corrected chi connectivity index (χ1v) is 12.1. The maximum atomic E-state index is 6.41. The van der Waals surface area contributed by atoms with Gasteiger partial charge in [-0.05, 0) is 54.6 Å². The summed E-state index contributed by atoms with van der Waals surface area (Å²) >= 11 is 0. The Kier molecular flexibility index (Phi) is 9.82. The highest BCUT2D eigenvalue weighted by atomic mass is 28.3. The van der Waals surface area contributed by atoms with Crippen molar-refractivity contribution >= 4 is 19.4 Å². The van der Waals surface area contributed by atoms with Gasteiger partial charge in [-0.15, -0.1) is 0 Å². The zero-order valence-electron chi connectivity index (χ0n) is 17.4. The van der Waals surface area contributed by atoms with Crippen molar-refractivity contribution in [1.82, 2.24) is 5.32 Å². The minimum absolute atomic E-state index is 0.468. The molecule has 27 heavy (non-hydrogen) atoms. The summed E-state index contributed by atoms with van der Waals surface area (Å²) in [4.78, 5) is 0. The second-order valence-electron chi connectivity index (χ2n) is 8.55. The first-order valence-electron chi connectivity index (χ1n) is 10.5. The lowest BCUT2D eigenvalue weighted by atomic mass is 9.90. The van der Waals surface area contributed by atoms with E-state index < -0.39 is 9.04 Å². The molecule has 1 N–H and O–H groups in total. The average molecular weight is 384 g/mol. The van der Waals surface area contributed by atoms with E-state index in [9.17, 15) is 0 Å². The van der Waals surface area contributed by atoms with Crippen molar-refractivity contribution in [2.45, 2.75) is 52.9 Å². The fourth-order valence-electron chi connectivity index (χ4n) is 3.22. The molecule has 0 unspecified atom stereocenters. The highest BCUT2D eigenvalue weighted by Crippen LogP contribution is 2.21. The van der Waals surface area contributed by atoms with Crippen LogP contribution in [0.2, 0.25) is 0 Å². The molecule has 2 nitrogen and oxygen atoms in total. The van der Waals surface area contributed by atoms with Gasteiger partial charge >= 0.3 is 0 Å². The molecule has 0 saturated heterocycles. The third kappa shape index (κ3) is 9.36. The maximum absolute atomic E-state index is 6.41. The molecule has 0 aliphatic heterocycles. The van der Waals surface area contributed by atoms with Crippen molar-refractivity contribution in [3.8, 4) is 0 Å². The van der Waals surface area contributed by atoms with E-state index in [0.29, 0.717) is 5.41 Å². The second kappa shape index (κ2) is 12.1. The SMILES string of the molecule is CC(C)(C)CCCCNCCCCO[SiH](c1ccccc1)c1ccccc1. The standard InChI is InChI=1S/C24H37NOSi/c1-24(2,3)18-10-11-19-25-20-12-13-21-26-27(22-14-6-4-7-15-22)23-16-8-5-9-17-23/h4-9,14-17,25,27H,10-13,18-21H2,1-3H3. The molecular weight excluding hydrogens is 346 g/mol. The van der Waals surface area contributed by atoms with E-state index in [1.165, 1.54) is 36.1 Å². The Morgan fingerprint density at radius 2 is 1.26 bits per heavy atom. The molecule has 0 aliphatic rings. The molecular formula is C24H37NOSi. The van der Waals surface area contributed by atoms with Crippen LogP contribution in [-0.2, 0) is 4.43 Å². The summed E-state index contributed by atoms with van der Waals surface area (Å²) in [5.41, 5.74) is 0.468. The molecule has 0 atom stereocenters. The molecule has 148 valence electrons. The zero-order valence-corrected chi connectivity index (χ0v) is 18.6. The second-order valence-corrected chi connectivity index (χ2v) is 11.0. The van der Waals surface area contributed by atoms with Crippen LogP contribution < -0.4 is 15.7 Å². The molecule has 0 aromatic heterocycles. The van der Waals surface area contributed by atoms with Crippen LogP contribution in [0.3, 0.4) is 0 Å². The number of benzene rings is 2. The average Bonchev–Trinajstić information content (AvgIpc) is 2.67. The molecule has 3 heteroatoms. The van der Waals surface area contributed by atoms with Crippen molar-refractivity contribution in [3.05, 3.63) is 60.7 Å². The summed E-state index contributed by atoms with van der Waals surface area (Å²) in [6, 6.07) is 21.5. The third-order valence-electron chi connectivity index (χ3n) is 4.77. The van der Waals surface area contributed by atoms with Crippen LogP contribution in [0.4, 0.5) is 0 Å². The van der Waals surface area contributed by atoms with Crippen molar-refractivity contribution in [2.75, 3.05) is 19.7 Å². The molecule has 0 bridgehead atoms. The topological polar surface area (TPSA) is 21.3 Å². The molecule has 0 amide bonds. The van der Waals surface area contributed by atoms with Gasteiger partial charge in [0.25, 0.3) is 0 Å². The fraction of sp³-hybridized carbons (Fsp3) is 0.500. The van der Waals surface area contributed by atoms with E-state index in [-0.39, 0.29) is 0 Å². The van der Waals surface area contributed by atoms with E-state index in [1.54, 1.807) is 0 Å². The zero-order chi connectivity index (χ0) is 19.4. The van der Waals surface area contributed by atoms with E-state index in [0.717, 1.165) is 26.1 Å². The highest BCUT2D eigenvalue weighted by molar-refractivity contribution is 6.80. The molecule has 0 heterocycles. The van der Waals surface area contributed by atoms with Crippen molar-refractivity contribution in [2.24, 2.45) is 5.41 Å². The largest absolute Gasteiger partial charge is 0.411 e. The fourth-order valence-corrected chi connectivity index (χ4v) is 5.54. The van der Waals surface area contributed by atoms with Gasteiger partial charge < -0.3 is 9.74 Å². The van der Waals surface area contributed by atoms with Crippen molar-refractivity contribution in [3.63, 3.8) is 0 Å². The Morgan fingerprint density at radius 3 is 1.78 bits per heavy atom. The summed E-state index contributed by atoms with van der Waals surface area (Å²) in [5.74, 6) is 0. The minimum atomic E-state index is -1.56. The molecule has 0 aliphatic carbocycles. The number of hydrogen-bond acceptors (Lipinski definition) is 2. The highest BCUT2D eigenvalue weighted by Gasteiger charge is 2.16. The molecule has 0 fully saturated rings. The van der Waals surface area contributed by atoms with E-state index in [1.807, 2.05) is 0 Å². The Hall–Kier alpha value is -1.42. The van der Waals surface area contributed by atoms with E-state index >= 15 is 0 Å². The van der Waals surface area contributed by atoms with Crippen LogP contribution in [0.15, 0.2) is 60.7 Å². The van der Waals surface area contributed by atoms with E-state index in [2.05, 4.69) is 86.8 Å². The molecule has 0 saturated carbocycles. The lowest BCUT2D eigenvalue weighted by Gasteiger charge is -2.18. The van der Waals surface area contributed by atoms with Gasteiger partial charge in [0, 0.05) is 6.61 Å². The minimum Gasteiger partial charge on any atom is -0.411 e. The smallest absolute Gasteiger partial charge is 0.239 e. The summed E-state index contributed by atoms with van der Waals surface area (Å²) in [6.45, 7) is 10.1. The van der Waals surface area contributed by atoms with Crippen LogP contribution in [0.5, 0.6) is 0 Å². The number of rotatable bonds is 12. The lowest BCUT2D eigenvalue weighted by Crippen LogP contribution is -2.45. The van der Waals surface area contributed by atoms with Crippen LogP contribution in [0, 0.1) is 5.41 Å².